The van der Waals surface area contributed by atoms with Crippen molar-refractivity contribution in [1.29, 1.82) is 0 Å². The number of benzene rings is 3. The van der Waals surface area contributed by atoms with Crippen molar-refractivity contribution in [3.63, 3.8) is 0 Å². The van der Waals surface area contributed by atoms with Gasteiger partial charge in [0.05, 0.1) is 0 Å². The third-order valence-electron chi connectivity index (χ3n) is 6.69. The first-order chi connectivity index (χ1) is 15.8. The maximum atomic E-state index is 6.50. The van der Waals surface area contributed by atoms with Gasteiger partial charge in [0.2, 0.25) is 5.88 Å². The summed E-state index contributed by atoms with van der Waals surface area (Å²) < 4.78 is 6.50. The van der Waals surface area contributed by atoms with Gasteiger partial charge in [-0.05, 0) is 49.0 Å². The molecule has 0 atom stereocenters. The lowest BCUT2D eigenvalue weighted by atomic mass is 9.33. The third-order valence-corrected chi connectivity index (χ3v) is 6.69. The first-order valence-electron chi connectivity index (χ1n) is 11.5. The molecule has 0 N–H and O–H groups in total. The number of hydrogen-bond donors (Lipinski definition) is 0. The summed E-state index contributed by atoms with van der Waals surface area (Å²) in [6.45, 7) is 10.8. The summed E-state index contributed by atoms with van der Waals surface area (Å²) in [6, 6.07) is 23.3. The van der Waals surface area contributed by atoms with Crippen LogP contribution in [0.15, 0.2) is 66.7 Å². The zero-order valence-electron chi connectivity index (χ0n) is 19.7. The molecule has 0 saturated heterocycles. The zero-order valence-corrected chi connectivity index (χ0v) is 19.7. The summed E-state index contributed by atoms with van der Waals surface area (Å²) in [7, 11) is 0. The average Bonchev–Trinajstić information content (AvgIpc) is 2.78. The van der Waals surface area contributed by atoms with E-state index in [4.69, 9.17) is 14.7 Å². The van der Waals surface area contributed by atoms with E-state index in [1.807, 2.05) is 6.07 Å². The average molecular weight is 431 g/mol. The Bertz CT molecular complexity index is 1410. The van der Waals surface area contributed by atoms with E-state index >= 15 is 0 Å². The standard InChI is InChI=1S/C28H26BN3O/c1-17-11-9-15-20-22(17)29-23-18(2)12-10-16-21(23)33-26-24(29)25(30-27(31-26)28(3,4)5)32(20)19-13-7-6-8-14-19/h6-16H,1-5H3. The van der Waals surface area contributed by atoms with E-state index in [0.717, 1.165) is 28.5 Å². The summed E-state index contributed by atoms with van der Waals surface area (Å²) >= 11 is 0. The number of aryl methyl sites for hydroxylation is 2. The van der Waals surface area contributed by atoms with Gasteiger partial charge in [0.25, 0.3) is 6.71 Å². The van der Waals surface area contributed by atoms with E-state index in [2.05, 4.69) is 100 Å². The molecule has 0 amide bonds. The smallest absolute Gasteiger partial charge is 0.261 e. The van der Waals surface area contributed by atoms with Gasteiger partial charge in [0.15, 0.2) is 0 Å². The van der Waals surface area contributed by atoms with Crippen LogP contribution in [-0.4, -0.2) is 16.7 Å². The molecule has 3 aromatic carbocycles. The highest BCUT2D eigenvalue weighted by atomic mass is 16.5. The molecule has 0 unspecified atom stereocenters. The summed E-state index contributed by atoms with van der Waals surface area (Å²) in [5.41, 5.74) is 8.06. The second-order valence-electron chi connectivity index (χ2n) is 10.0. The number of fused-ring (bicyclic) bond motifs is 4. The third kappa shape index (κ3) is 2.92. The molecule has 4 nitrogen and oxygen atoms in total. The number of nitrogens with zero attached hydrogens (tertiary/aromatic N) is 3. The highest BCUT2D eigenvalue weighted by Gasteiger charge is 2.45. The lowest BCUT2D eigenvalue weighted by molar-refractivity contribution is 0.450. The van der Waals surface area contributed by atoms with E-state index < -0.39 is 0 Å². The topological polar surface area (TPSA) is 38.2 Å². The number of anilines is 3. The highest BCUT2D eigenvalue weighted by molar-refractivity contribution is 6.99. The van der Waals surface area contributed by atoms with Crippen LogP contribution in [0.25, 0.3) is 0 Å². The number of ether oxygens (including phenoxy) is 1. The fourth-order valence-electron chi connectivity index (χ4n) is 5.11. The molecule has 162 valence electrons. The van der Waals surface area contributed by atoms with Crippen LogP contribution in [0.2, 0.25) is 0 Å². The minimum atomic E-state index is -0.216. The fraction of sp³-hybridized carbons (Fsp3) is 0.214. The summed E-state index contributed by atoms with van der Waals surface area (Å²) in [5.74, 6) is 3.25. The Morgan fingerprint density at radius 2 is 1.45 bits per heavy atom. The molecule has 4 aromatic rings. The first-order valence-corrected chi connectivity index (χ1v) is 11.5. The summed E-state index contributed by atoms with van der Waals surface area (Å²) in [5, 5.41) is 0. The minimum Gasteiger partial charge on any atom is -0.440 e. The summed E-state index contributed by atoms with van der Waals surface area (Å²) in [4.78, 5) is 12.5. The largest absolute Gasteiger partial charge is 0.440 e. The van der Waals surface area contributed by atoms with Crippen molar-refractivity contribution in [2.45, 2.75) is 40.0 Å². The van der Waals surface area contributed by atoms with Gasteiger partial charge in [-0.1, -0.05) is 74.4 Å². The maximum absolute atomic E-state index is 6.50. The monoisotopic (exact) mass is 431 g/mol. The lowest BCUT2D eigenvalue weighted by Crippen LogP contribution is -2.61. The van der Waals surface area contributed by atoms with Gasteiger partial charge in [-0.15, -0.1) is 0 Å². The highest BCUT2D eigenvalue weighted by Crippen LogP contribution is 2.40. The molecule has 2 aliphatic heterocycles. The summed E-state index contributed by atoms with van der Waals surface area (Å²) in [6.07, 6.45) is 0. The van der Waals surface area contributed by atoms with E-state index in [0.29, 0.717) is 5.88 Å². The second-order valence-corrected chi connectivity index (χ2v) is 10.0. The van der Waals surface area contributed by atoms with Gasteiger partial charge >= 0.3 is 0 Å². The Balaban J connectivity index is 1.76. The van der Waals surface area contributed by atoms with Crippen LogP contribution in [0.5, 0.6) is 11.6 Å². The maximum Gasteiger partial charge on any atom is 0.261 e. The van der Waals surface area contributed by atoms with Crippen LogP contribution in [0.4, 0.5) is 17.2 Å². The van der Waals surface area contributed by atoms with Gasteiger partial charge < -0.3 is 4.74 Å². The molecular formula is C28H26BN3O. The molecule has 2 aliphatic rings. The van der Waals surface area contributed by atoms with E-state index in [-0.39, 0.29) is 12.1 Å². The number of hydrogen-bond acceptors (Lipinski definition) is 4. The Labute approximate surface area is 195 Å². The van der Waals surface area contributed by atoms with Crippen LogP contribution >= 0.6 is 0 Å². The van der Waals surface area contributed by atoms with Crippen LogP contribution in [-0.2, 0) is 5.41 Å². The van der Waals surface area contributed by atoms with Crippen LogP contribution in [0.1, 0.15) is 37.7 Å². The van der Waals surface area contributed by atoms with Crippen molar-refractivity contribution >= 4 is 40.3 Å². The molecule has 0 bridgehead atoms. The van der Waals surface area contributed by atoms with E-state index in [9.17, 15) is 0 Å². The quantitative estimate of drug-likeness (QED) is 0.351. The molecule has 5 heteroatoms. The van der Waals surface area contributed by atoms with Crippen molar-refractivity contribution in [1.82, 2.24) is 9.97 Å². The van der Waals surface area contributed by atoms with Crippen molar-refractivity contribution < 1.29 is 4.74 Å². The Kier molecular flexibility index (Phi) is 4.22. The molecule has 33 heavy (non-hydrogen) atoms. The fourth-order valence-corrected chi connectivity index (χ4v) is 5.11. The van der Waals surface area contributed by atoms with Gasteiger partial charge in [0, 0.05) is 22.3 Å². The predicted octanol–water partition coefficient (Wildman–Crippen LogP) is 4.80. The van der Waals surface area contributed by atoms with Crippen LogP contribution < -0.4 is 26.0 Å². The molecule has 0 spiro atoms. The van der Waals surface area contributed by atoms with Gasteiger partial charge in [-0.2, -0.15) is 4.98 Å². The number of rotatable bonds is 1. The minimum absolute atomic E-state index is 0.0325. The van der Waals surface area contributed by atoms with E-state index in [1.165, 1.54) is 27.7 Å². The predicted molar refractivity (Wildman–Crippen MR) is 136 cm³/mol. The van der Waals surface area contributed by atoms with Gasteiger partial charge in [-0.3, -0.25) is 4.90 Å². The molecule has 3 heterocycles. The molecule has 6 rings (SSSR count). The second kappa shape index (κ2) is 6.95. The van der Waals surface area contributed by atoms with Crippen LogP contribution in [0, 0.1) is 13.8 Å². The van der Waals surface area contributed by atoms with Crippen molar-refractivity contribution in [2.75, 3.05) is 4.90 Å². The van der Waals surface area contributed by atoms with Gasteiger partial charge in [-0.25, -0.2) is 4.98 Å². The molecule has 0 radical (unpaired) electrons. The van der Waals surface area contributed by atoms with Crippen LogP contribution in [0.3, 0.4) is 0 Å². The van der Waals surface area contributed by atoms with Crippen molar-refractivity contribution in [3.05, 3.63) is 83.7 Å². The van der Waals surface area contributed by atoms with Gasteiger partial charge in [0.1, 0.15) is 17.4 Å². The molecular weight excluding hydrogens is 405 g/mol. The Hall–Kier alpha value is -3.60. The van der Waals surface area contributed by atoms with Crippen molar-refractivity contribution in [2.24, 2.45) is 0 Å². The lowest BCUT2D eigenvalue weighted by Gasteiger charge is -2.40. The SMILES string of the molecule is Cc1cccc2c1B1c3c(C)cccc3N(c3ccccc3)c3nc(C(C)(C)C)nc(c31)O2. The normalized spacial score (nSPS) is 13.7. The molecule has 0 aliphatic carbocycles. The van der Waals surface area contributed by atoms with E-state index in [1.54, 1.807) is 0 Å². The molecule has 1 aromatic heterocycles. The Morgan fingerprint density at radius 3 is 2.18 bits per heavy atom. The number of aromatic nitrogens is 2. The van der Waals surface area contributed by atoms with Crippen molar-refractivity contribution in [3.8, 4) is 11.6 Å². The Morgan fingerprint density at radius 1 is 0.758 bits per heavy atom. The first kappa shape index (κ1) is 20.0. The number of para-hydroxylation sites is 1. The zero-order chi connectivity index (χ0) is 22.9. The molecule has 0 saturated carbocycles. The molecule has 0 fully saturated rings.